The maximum Gasteiger partial charge on any atom is -0.0212 e. The minimum atomic E-state index is 0.716. The van der Waals surface area contributed by atoms with Crippen LogP contribution in [0.3, 0.4) is 0 Å². The van der Waals surface area contributed by atoms with Crippen LogP contribution in [-0.2, 0) is 0 Å². The Bertz CT molecular complexity index is 324. The van der Waals surface area contributed by atoms with Gasteiger partial charge in [-0.15, -0.1) is 0 Å². The molecule has 0 N–H and O–H groups in total. The molecule has 0 heterocycles. The second kappa shape index (κ2) is 5.33. The van der Waals surface area contributed by atoms with Crippen molar-refractivity contribution in [2.24, 2.45) is 34.5 Å². The lowest BCUT2D eigenvalue weighted by Gasteiger charge is -2.56. The van der Waals surface area contributed by atoms with Crippen molar-refractivity contribution in [3.63, 3.8) is 0 Å². The number of hydrogen-bond donors (Lipinski definition) is 0. The molecule has 0 aromatic heterocycles. The van der Waals surface area contributed by atoms with Gasteiger partial charge in [0.25, 0.3) is 0 Å². The van der Waals surface area contributed by atoms with Gasteiger partial charge in [-0.25, -0.2) is 0 Å². The van der Waals surface area contributed by atoms with Gasteiger partial charge in [0.2, 0.25) is 0 Å². The Morgan fingerprint density at radius 2 is 1.25 bits per heavy atom. The Morgan fingerprint density at radius 3 is 1.70 bits per heavy atom. The first-order valence-corrected chi connectivity index (χ1v) is 9.49. The van der Waals surface area contributed by atoms with Crippen LogP contribution in [0.25, 0.3) is 0 Å². The van der Waals surface area contributed by atoms with E-state index in [2.05, 4.69) is 27.7 Å². The van der Waals surface area contributed by atoms with Crippen molar-refractivity contribution in [3.05, 3.63) is 0 Å². The molecule has 116 valence electrons. The van der Waals surface area contributed by atoms with Crippen molar-refractivity contribution in [1.82, 2.24) is 0 Å². The summed E-state index contributed by atoms with van der Waals surface area (Å²) < 4.78 is 0. The molecule has 0 radical (unpaired) electrons. The normalized spacial score (nSPS) is 48.6. The predicted octanol–water partition coefficient (Wildman–Crippen LogP) is 6.45. The van der Waals surface area contributed by atoms with Gasteiger partial charge < -0.3 is 0 Å². The summed E-state index contributed by atoms with van der Waals surface area (Å²) in [5.41, 5.74) is 1.46. The molecule has 0 heteroatoms. The van der Waals surface area contributed by atoms with Crippen LogP contribution in [0.2, 0.25) is 0 Å². The van der Waals surface area contributed by atoms with Crippen LogP contribution in [0.4, 0.5) is 0 Å². The number of fused-ring (bicyclic) bond motifs is 1. The first-order valence-electron chi connectivity index (χ1n) is 9.49. The molecular weight excluding hydrogens is 240 g/mol. The van der Waals surface area contributed by atoms with E-state index in [1.54, 1.807) is 32.1 Å². The van der Waals surface area contributed by atoms with Crippen molar-refractivity contribution < 1.29 is 0 Å². The molecule has 4 atom stereocenters. The Labute approximate surface area is 127 Å². The molecule has 0 saturated heterocycles. The average molecular weight is 277 g/mol. The van der Waals surface area contributed by atoms with Gasteiger partial charge in [-0.3, -0.25) is 0 Å². The van der Waals surface area contributed by atoms with Gasteiger partial charge in [0.1, 0.15) is 0 Å². The minimum absolute atomic E-state index is 0.716. The van der Waals surface area contributed by atoms with E-state index in [1.165, 1.54) is 32.1 Å². The molecule has 3 fully saturated rings. The highest BCUT2D eigenvalue weighted by Gasteiger charge is 2.62. The molecule has 3 aliphatic carbocycles. The van der Waals surface area contributed by atoms with E-state index >= 15 is 0 Å². The highest BCUT2D eigenvalue weighted by molar-refractivity contribution is 5.12. The minimum Gasteiger partial charge on any atom is -0.0625 e. The molecule has 0 aliphatic heterocycles. The average Bonchev–Trinajstić information content (AvgIpc) is 2.55. The largest absolute Gasteiger partial charge is 0.0625 e. The van der Waals surface area contributed by atoms with Crippen molar-refractivity contribution in [1.29, 1.82) is 0 Å². The summed E-state index contributed by atoms with van der Waals surface area (Å²) in [7, 11) is 0. The fourth-order valence-corrected chi connectivity index (χ4v) is 6.75. The zero-order valence-corrected chi connectivity index (χ0v) is 14.4. The third kappa shape index (κ3) is 2.17. The van der Waals surface area contributed by atoms with Gasteiger partial charge in [0, 0.05) is 0 Å². The Morgan fingerprint density at radius 1 is 0.700 bits per heavy atom. The highest BCUT2D eigenvalue weighted by Crippen LogP contribution is 2.71. The molecular formula is C20H36. The molecule has 20 heavy (non-hydrogen) atoms. The van der Waals surface area contributed by atoms with E-state index in [-0.39, 0.29) is 0 Å². The van der Waals surface area contributed by atoms with Crippen LogP contribution in [0.15, 0.2) is 0 Å². The molecule has 2 spiro atoms. The van der Waals surface area contributed by atoms with Gasteiger partial charge in [-0.1, -0.05) is 59.8 Å². The van der Waals surface area contributed by atoms with Gasteiger partial charge in [0.15, 0.2) is 0 Å². The van der Waals surface area contributed by atoms with Crippen LogP contribution in [0.5, 0.6) is 0 Å². The topological polar surface area (TPSA) is 0 Å². The van der Waals surface area contributed by atoms with E-state index in [9.17, 15) is 0 Å². The fourth-order valence-electron chi connectivity index (χ4n) is 6.75. The predicted molar refractivity (Wildman–Crippen MR) is 87.7 cm³/mol. The summed E-state index contributed by atoms with van der Waals surface area (Å²) in [4.78, 5) is 0. The summed E-state index contributed by atoms with van der Waals surface area (Å²) >= 11 is 0. The summed E-state index contributed by atoms with van der Waals surface area (Å²) in [5, 5.41) is 0. The van der Waals surface area contributed by atoms with Crippen molar-refractivity contribution in [2.75, 3.05) is 0 Å². The van der Waals surface area contributed by atoms with Crippen LogP contribution >= 0.6 is 0 Å². The Hall–Kier alpha value is 0. The molecule has 3 aliphatic rings. The summed E-state index contributed by atoms with van der Waals surface area (Å²) in [6.45, 7) is 10.3. The van der Waals surface area contributed by atoms with Gasteiger partial charge in [-0.2, -0.15) is 0 Å². The third-order valence-electron chi connectivity index (χ3n) is 7.86. The fraction of sp³-hybridized carbons (Fsp3) is 1.00. The van der Waals surface area contributed by atoms with Crippen molar-refractivity contribution in [2.45, 2.75) is 91.9 Å². The lowest BCUT2D eigenvalue weighted by Crippen LogP contribution is -2.47. The molecule has 4 unspecified atom stereocenters. The Balaban J connectivity index is 1.92. The Kier molecular flexibility index (Phi) is 3.97. The lowest BCUT2D eigenvalue weighted by atomic mass is 9.48. The van der Waals surface area contributed by atoms with Crippen molar-refractivity contribution >= 4 is 0 Å². The molecule has 3 saturated carbocycles. The molecule has 0 aromatic carbocycles. The quantitative estimate of drug-likeness (QED) is 0.477. The van der Waals surface area contributed by atoms with Gasteiger partial charge in [-0.05, 0) is 66.6 Å². The molecule has 0 amide bonds. The highest BCUT2D eigenvalue weighted by atomic mass is 14.7. The SMILES string of the molecule is CC1CCCCC(C)CC2(C1)CC(C)C(C)C21CCC1. The second-order valence-corrected chi connectivity index (χ2v) is 9.16. The zero-order valence-electron chi connectivity index (χ0n) is 14.4. The van der Waals surface area contributed by atoms with Crippen LogP contribution in [0, 0.1) is 34.5 Å². The summed E-state index contributed by atoms with van der Waals surface area (Å²) in [6, 6.07) is 0. The van der Waals surface area contributed by atoms with Crippen LogP contribution < -0.4 is 0 Å². The third-order valence-corrected chi connectivity index (χ3v) is 7.86. The maximum atomic E-state index is 2.60. The first kappa shape index (κ1) is 14.9. The smallest absolute Gasteiger partial charge is 0.0212 e. The summed E-state index contributed by atoms with van der Waals surface area (Å²) in [5.74, 6) is 3.89. The van der Waals surface area contributed by atoms with Crippen molar-refractivity contribution in [3.8, 4) is 0 Å². The van der Waals surface area contributed by atoms with E-state index in [0.717, 1.165) is 29.1 Å². The first-order chi connectivity index (χ1) is 9.49. The van der Waals surface area contributed by atoms with E-state index < -0.39 is 0 Å². The van der Waals surface area contributed by atoms with E-state index in [4.69, 9.17) is 0 Å². The zero-order chi connectivity index (χ0) is 14.4. The van der Waals surface area contributed by atoms with E-state index in [1.807, 2.05) is 0 Å². The van der Waals surface area contributed by atoms with Crippen LogP contribution in [-0.4, -0.2) is 0 Å². The molecule has 0 bridgehead atoms. The number of hydrogen-bond acceptors (Lipinski definition) is 0. The summed E-state index contributed by atoms with van der Waals surface area (Å²) in [6.07, 6.45) is 15.2. The molecule has 0 nitrogen and oxygen atoms in total. The van der Waals surface area contributed by atoms with Gasteiger partial charge >= 0.3 is 0 Å². The second-order valence-electron chi connectivity index (χ2n) is 9.16. The molecule has 0 aromatic rings. The standard InChI is InChI=1S/C20H36/c1-15-8-5-6-9-16(2)13-19(12-15)14-17(3)18(4)20(19)10-7-11-20/h15-18H,5-14H2,1-4H3. The van der Waals surface area contributed by atoms with Crippen LogP contribution in [0.1, 0.15) is 91.9 Å². The molecule has 3 rings (SSSR count). The van der Waals surface area contributed by atoms with Gasteiger partial charge in [0.05, 0.1) is 0 Å². The van der Waals surface area contributed by atoms with E-state index in [0.29, 0.717) is 5.41 Å². The monoisotopic (exact) mass is 276 g/mol. The maximum absolute atomic E-state index is 2.60. The lowest BCUT2D eigenvalue weighted by molar-refractivity contribution is -0.0695. The number of rotatable bonds is 0.